The highest BCUT2D eigenvalue weighted by atomic mass is 16.5. The molecule has 1 atom stereocenters. The average molecular weight is 470 g/mol. The van der Waals surface area contributed by atoms with E-state index in [-0.39, 0.29) is 18.9 Å². The summed E-state index contributed by atoms with van der Waals surface area (Å²) in [5.41, 5.74) is 3.27. The summed E-state index contributed by atoms with van der Waals surface area (Å²) in [5.74, 6) is 0.164. The third kappa shape index (κ3) is 9.56. The molecule has 0 aliphatic carbocycles. The third-order valence-electron chi connectivity index (χ3n) is 5.52. The number of unbranched alkanes of at least 4 members (excludes halogenated alkanes) is 1. The number of hydrogen-bond donors (Lipinski definition) is 1. The molecule has 186 valence electrons. The van der Waals surface area contributed by atoms with Gasteiger partial charge in [0, 0.05) is 26.1 Å². The van der Waals surface area contributed by atoms with Crippen LogP contribution < -0.4 is 4.74 Å². The smallest absolute Gasteiger partial charge is 0.333 e. The van der Waals surface area contributed by atoms with Crippen molar-refractivity contribution in [3.05, 3.63) is 65.2 Å². The van der Waals surface area contributed by atoms with E-state index < -0.39 is 12.1 Å². The number of carbonyl (C=O) groups excluding carboxylic acids is 1. The Morgan fingerprint density at radius 2 is 1.50 bits per heavy atom. The van der Waals surface area contributed by atoms with Gasteiger partial charge in [0.05, 0.1) is 0 Å². The van der Waals surface area contributed by atoms with Gasteiger partial charge in [-0.3, -0.25) is 4.79 Å². The molecular weight excluding hydrogens is 430 g/mol. The number of ether oxygens (including phenoxy) is 2. The van der Waals surface area contributed by atoms with Crippen LogP contribution in [0, 0.1) is 5.92 Å². The molecular formula is C28H39NO5. The van der Waals surface area contributed by atoms with Crippen LogP contribution in [-0.2, 0) is 33.7 Å². The van der Waals surface area contributed by atoms with Crippen molar-refractivity contribution in [1.29, 1.82) is 0 Å². The number of hydrogen-bond acceptors (Lipinski definition) is 4. The fourth-order valence-electron chi connectivity index (χ4n) is 3.70. The minimum absolute atomic E-state index is 0.0365. The molecule has 0 aliphatic rings. The van der Waals surface area contributed by atoms with Gasteiger partial charge in [-0.1, -0.05) is 63.6 Å². The summed E-state index contributed by atoms with van der Waals surface area (Å²) in [6.07, 6.45) is 2.41. The third-order valence-corrected chi connectivity index (χ3v) is 5.52. The molecule has 0 fully saturated rings. The van der Waals surface area contributed by atoms with Gasteiger partial charge in [0.25, 0.3) is 5.91 Å². The Hall–Kier alpha value is -2.86. The Bertz CT molecular complexity index is 877. The van der Waals surface area contributed by atoms with Crippen molar-refractivity contribution in [2.45, 2.75) is 66.0 Å². The highest BCUT2D eigenvalue weighted by Gasteiger charge is 2.18. The molecule has 1 N–H and O–H groups in total. The maximum atomic E-state index is 12.9. The number of nitrogens with zero attached hydrogens (tertiary/aromatic N) is 1. The first-order chi connectivity index (χ1) is 16.3. The second-order valence-corrected chi connectivity index (χ2v) is 9.00. The van der Waals surface area contributed by atoms with Crippen LogP contribution in [0.3, 0.4) is 0 Å². The minimum atomic E-state index is -0.977. The van der Waals surface area contributed by atoms with Crippen molar-refractivity contribution in [2.24, 2.45) is 5.92 Å². The summed E-state index contributed by atoms with van der Waals surface area (Å²) < 4.78 is 11.0. The number of carboxylic acid groups (broad SMARTS) is 1. The van der Waals surface area contributed by atoms with E-state index in [1.807, 2.05) is 17.0 Å². The topological polar surface area (TPSA) is 76.1 Å². The lowest BCUT2D eigenvalue weighted by molar-refractivity contribution is -0.150. The molecule has 0 saturated carbocycles. The number of rotatable bonds is 15. The van der Waals surface area contributed by atoms with Gasteiger partial charge in [0.2, 0.25) is 0 Å². The summed E-state index contributed by atoms with van der Waals surface area (Å²) in [4.78, 5) is 26.0. The molecule has 0 heterocycles. The molecule has 0 unspecified atom stereocenters. The molecule has 2 rings (SSSR count). The van der Waals surface area contributed by atoms with Crippen molar-refractivity contribution in [1.82, 2.24) is 4.90 Å². The summed E-state index contributed by atoms with van der Waals surface area (Å²) in [6.45, 7) is 9.87. The zero-order valence-corrected chi connectivity index (χ0v) is 21.0. The normalized spacial score (nSPS) is 11.9. The van der Waals surface area contributed by atoms with Gasteiger partial charge in [-0.2, -0.15) is 0 Å². The SMILES string of the molecule is CCCCN(Cc1ccc(CC(C)C)cc1)C(=O)COc1ccc(C[C@H](OCC)C(=O)O)cc1. The Morgan fingerprint density at radius 1 is 0.912 bits per heavy atom. The van der Waals surface area contributed by atoms with Crippen molar-refractivity contribution in [3.8, 4) is 5.75 Å². The first kappa shape index (κ1) is 27.4. The molecule has 0 bridgehead atoms. The summed E-state index contributed by atoms with van der Waals surface area (Å²) in [5, 5.41) is 9.24. The monoisotopic (exact) mass is 469 g/mol. The van der Waals surface area contributed by atoms with E-state index in [1.54, 1.807) is 19.1 Å². The van der Waals surface area contributed by atoms with E-state index in [9.17, 15) is 14.7 Å². The number of carbonyl (C=O) groups is 2. The van der Waals surface area contributed by atoms with Crippen LogP contribution in [0.4, 0.5) is 0 Å². The van der Waals surface area contributed by atoms with Crippen LogP contribution in [0.2, 0.25) is 0 Å². The average Bonchev–Trinajstić information content (AvgIpc) is 2.81. The predicted octanol–water partition coefficient (Wildman–Crippen LogP) is 5.13. The highest BCUT2D eigenvalue weighted by molar-refractivity contribution is 5.77. The second-order valence-electron chi connectivity index (χ2n) is 9.00. The first-order valence-electron chi connectivity index (χ1n) is 12.2. The van der Waals surface area contributed by atoms with Gasteiger partial charge in [-0.15, -0.1) is 0 Å². The first-order valence-corrected chi connectivity index (χ1v) is 12.2. The van der Waals surface area contributed by atoms with Crippen LogP contribution in [0.15, 0.2) is 48.5 Å². The minimum Gasteiger partial charge on any atom is -0.484 e. The van der Waals surface area contributed by atoms with Gasteiger partial charge in [-0.05, 0) is 54.5 Å². The van der Waals surface area contributed by atoms with E-state index in [0.717, 1.165) is 30.4 Å². The van der Waals surface area contributed by atoms with Crippen LogP contribution in [0.5, 0.6) is 5.75 Å². The largest absolute Gasteiger partial charge is 0.484 e. The van der Waals surface area contributed by atoms with E-state index in [4.69, 9.17) is 9.47 Å². The van der Waals surface area contributed by atoms with Crippen LogP contribution in [-0.4, -0.2) is 47.7 Å². The van der Waals surface area contributed by atoms with E-state index >= 15 is 0 Å². The van der Waals surface area contributed by atoms with Crippen LogP contribution >= 0.6 is 0 Å². The molecule has 0 aliphatic heterocycles. The Labute approximate surface area is 203 Å². The lowest BCUT2D eigenvalue weighted by Gasteiger charge is -2.23. The van der Waals surface area contributed by atoms with Crippen molar-refractivity contribution in [2.75, 3.05) is 19.8 Å². The molecule has 2 aromatic rings. The molecule has 2 aromatic carbocycles. The summed E-state index contributed by atoms with van der Waals surface area (Å²) >= 11 is 0. The van der Waals surface area contributed by atoms with Gasteiger partial charge < -0.3 is 19.5 Å². The number of aliphatic carboxylic acids is 1. The van der Waals surface area contributed by atoms with Crippen LogP contribution in [0.1, 0.15) is 57.2 Å². The standard InChI is InChI=1S/C28H39NO5/c1-5-7-16-29(19-24-10-8-22(9-11-24)17-21(3)4)27(30)20-34-25-14-12-23(13-15-25)18-26(28(31)32)33-6-2/h8-15,21,26H,5-7,16-20H2,1-4H3,(H,31,32)/t26-/m0/s1. The summed E-state index contributed by atoms with van der Waals surface area (Å²) in [7, 11) is 0. The second kappa shape index (κ2) is 14.4. The molecule has 6 nitrogen and oxygen atoms in total. The lowest BCUT2D eigenvalue weighted by Crippen LogP contribution is -2.35. The molecule has 0 saturated heterocycles. The van der Waals surface area contributed by atoms with Crippen molar-refractivity contribution >= 4 is 11.9 Å². The number of carboxylic acids is 1. The number of amides is 1. The van der Waals surface area contributed by atoms with Crippen LogP contribution in [0.25, 0.3) is 0 Å². The van der Waals surface area contributed by atoms with E-state index in [0.29, 0.717) is 31.4 Å². The van der Waals surface area contributed by atoms with E-state index in [1.165, 1.54) is 5.56 Å². The Morgan fingerprint density at radius 3 is 2.06 bits per heavy atom. The van der Waals surface area contributed by atoms with Crippen molar-refractivity contribution in [3.63, 3.8) is 0 Å². The predicted molar refractivity (Wildman–Crippen MR) is 134 cm³/mol. The molecule has 0 aromatic heterocycles. The highest BCUT2D eigenvalue weighted by Crippen LogP contribution is 2.16. The molecule has 34 heavy (non-hydrogen) atoms. The van der Waals surface area contributed by atoms with Gasteiger partial charge >= 0.3 is 5.97 Å². The van der Waals surface area contributed by atoms with Gasteiger partial charge in [0.1, 0.15) is 5.75 Å². The molecule has 1 amide bonds. The lowest BCUT2D eigenvalue weighted by atomic mass is 10.0. The Kier molecular flexibility index (Phi) is 11.6. The zero-order valence-electron chi connectivity index (χ0n) is 21.0. The quantitative estimate of drug-likeness (QED) is 0.392. The number of benzene rings is 2. The van der Waals surface area contributed by atoms with Crippen molar-refractivity contribution < 1.29 is 24.2 Å². The Balaban J connectivity index is 1.94. The maximum absolute atomic E-state index is 12.9. The zero-order chi connectivity index (χ0) is 24.9. The van der Waals surface area contributed by atoms with Gasteiger partial charge in [-0.25, -0.2) is 4.79 Å². The van der Waals surface area contributed by atoms with E-state index in [2.05, 4.69) is 45.0 Å². The molecule has 0 spiro atoms. The maximum Gasteiger partial charge on any atom is 0.333 e. The fraction of sp³-hybridized carbons (Fsp3) is 0.500. The fourth-order valence-corrected chi connectivity index (χ4v) is 3.70. The summed E-state index contributed by atoms with van der Waals surface area (Å²) in [6, 6.07) is 15.7. The molecule has 0 radical (unpaired) electrons. The molecule has 6 heteroatoms. The van der Waals surface area contributed by atoms with Gasteiger partial charge in [0.15, 0.2) is 12.7 Å².